The van der Waals surface area contributed by atoms with Gasteiger partial charge in [-0.2, -0.15) is 4.31 Å². The van der Waals surface area contributed by atoms with Gasteiger partial charge in [-0.1, -0.05) is 12.1 Å². The number of hydrogen-bond donors (Lipinski definition) is 1. The number of nitrogens with one attached hydrogen (secondary N) is 1. The molecule has 3 aromatic carbocycles. The summed E-state index contributed by atoms with van der Waals surface area (Å²) < 4.78 is 38.4. The molecule has 3 aromatic rings. The normalized spacial score (nSPS) is 13.7. The van der Waals surface area contributed by atoms with Crippen LogP contribution in [0.1, 0.15) is 22.3 Å². The molecule has 0 saturated heterocycles. The van der Waals surface area contributed by atoms with Gasteiger partial charge in [0.15, 0.2) is 6.61 Å². The number of sulfonamides is 1. The molecule has 0 bridgehead atoms. The highest BCUT2D eigenvalue weighted by Gasteiger charge is 2.28. The average Bonchev–Trinajstić information content (AvgIpc) is 2.84. The summed E-state index contributed by atoms with van der Waals surface area (Å²) in [5.41, 5.74) is 4.81. The first-order chi connectivity index (χ1) is 16.3. The molecule has 0 fully saturated rings. The Morgan fingerprint density at radius 1 is 0.941 bits per heavy atom. The zero-order valence-corrected chi connectivity index (χ0v) is 20.3. The summed E-state index contributed by atoms with van der Waals surface area (Å²) in [6, 6.07) is 17.7. The molecule has 1 N–H and O–H groups in total. The zero-order chi connectivity index (χ0) is 24.3. The maximum absolute atomic E-state index is 13.1. The second kappa shape index (κ2) is 9.87. The molecule has 34 heavy (non-hydrogen) atoms. The van der Waals surface area contributed by atoms with E-state index in [-0.39, 0.29) is 24.0 Å². The highest BCUT2D eigenvalue weighted by Crippen LogP contribution is 2.28. The Kier molecular flexibility index (Phi) is 6.90. The summed E-state index contributed by atoms with van der Waals surface area (Å²) in [4.78, 5) is 12.6. The van der Waals surface area contributed by atoms with Crippen LogP contribution in [0.2, 0.25) is 0 Å². The molecule has 0 spiro atoms. The fraction of sp³-hybridized carbons (Fsp3) is 0.269. The van der Waals surface area contributed by atoms with Crippen molar-refractivity contribution in [3.8, 4) is 11.5 Å². The number of rotatable bonds is 7. The summed E-state index contributed by atoms with van der Waals surface area (Å²) >= 11 is 0. The highest BCUT2D eigenvalue weighted by molar-refractivity contribution is 7.89. The lowest BCUT2D eigenvalue weighted by Crippen LogP contribution is -2.36. The number of carbonyl (C=O) groups excluding carboxylic acids is 1. The minimum Gasteiger partial charge on any atom is -0.497 e. The van der Waals surface area contributed by atoms with Crippen molar-refractivity contribution >= 4 is 21.6 Å². The molecule has 1 heterocycles. The maximum atomic E-state index is 13.1. The second-order valence-corrected chi connectivity index (χ2v) is 10.3. The van der Waals surface area contributed by atoms with E-state index in [0.29, 0.717) is 30.2 Å². The monoisotopic (exact) mass is 480 g/mol. The largest absolute Gasteiger partial charge is 0.497 e. The highest BCUT2D eigenvalue weighted by atomic mass is 32.2. The van der Waals surface area contributed by atoms with Crippen LogP contribution in [0, 0.1) is 13.8 Å². The number of aryl methyl sites for hydroxylation is 2. The van der Waals surface area contributed by atoms with Gasteiger partial charge in [0.25, 0.3) is 5.91 Å². The van der Waals surface area contributed by atoms with Crippen LogP contribution >= 0.6 is 0 Å². The minimum absolute atomic E-state index is 0.114. The molecule has 0 saturated carbocycles. The Morgan fingerprint density at radius 3 is 2.38 bits per heavy atom. The third-order valence-corrected chi connectivity index (χ3v) is 7.87. The van der Waals surface area contributed by atoms with Crippen molar-refractivity contribution < 1.29 is 22.7 Å². The molecule has 1 aliphatic rings. The lowest BCUT2D eigenvalue weighted by atomic mass is 10.0. The summed E-state index contributed by atoms with van der Waals surface area (Å²) in [6.45, 7) is 4.54. The van der Waals surface area contributed by atoms with Crippen molar-refractivity contribution in [2.24, 2.45) is 0 Å². The number of fused-ring (bicyclic) bond motifs is 1. The van der Waals surface area contributed by atoms with E-state index in [2.05, 4.69) is 5.32 Å². The summed E-state index contributed by atoms with van der Waals surface area (Å²) in [7, 11) is -2.10. The van der Waals surface area contributed by atoms with Crippen LogP contribution in [0.4, 0.5) is 5.69 Å². The van der Waals surface area contributed by atoms with Gasteiger partial charge in [0.2, 0.25) is 10.0 Å². The SMILES string of the molecule is COc1ccc(S(=O)(=O)N2CCc3ccc(NC(=O)COc4ccc(C)c(C)c4)cc3C2)cc1. The van der Waals surface area contributed by atoms with Crippen molar-refractivity contribution in [3.05, 3.63) is 82.9 Å². The molecule has 8 heteroatoms. The van der Waals surface area contributed by atoms with Crippen LogP contribution in [0.25, 0.3) is 0 Å². The first-order valence-corrected chi connectivity index (χ1v) is 12.5. The Balaban J connectivity index is 1.42. The number of hydrogen-bond acceptors (Lipinski definition) is 5. The van der Waals surface area contributed by atoms with Gasteiger partial charge in [0.05, 0.1) is 12.0 Å². The van der Waals surface area contributed by atoms with Crippen LogP contribution in [0.15, 0.2) is 65.6 Å². The molecule has 1 aliphatic heterocycles. The van der Waals surface area contributed by atoms with Gasteiger partial charge in [0, 0.05) is 18.8 Å². The fourth-order valence-electron chi connectivity index (χ4n) is 3.86. The van der Waals surface area contributed by atoms with E-state index in [0.717, 1.165) is 22.3 Å². The standard InChI is InChI=1S/C26H28N2O5S/c1-18-4-7-24(14-19(18)2)33-17-26(29)27-22-6-5-20-12-13-28(16-21(20)15-22)34(30,31)25-10-8-23(32-3)9-11-25/h4-11,14-15H,12-13,16-17H2,1-3H3,(H,27,29). The Morgan fingerprint density at radius 2 is 1.68 bits per heavy atom. The second-order valence-electron chi connectivity index (χ2n) is 8.33. The van der Waals surface area contributed by atoms with Crippen LogP contribution < -0.4 is 14.8 Å². The van der Waals surface area contributed by atoms with E-state index in [4.69, 9.17) is 9.47 Å². The van der Waals surface area contributed by atoms with E-state index in [9.17, 15) is 13.2 Å². The minimum atomic E-state index is -3.64. The Hall–Kier alpha value is -3.36. The predicted molar refractivity (Wildman–Crippen MR) is 131 cm³/mol. The Bertz CT molecular complexity index is 1300. The zero-order valence-electron chi connectivity index (χ0n) is 19.5. The van der Waals surface area contributed by atoms with Crippen molar-refractivity contribution in [2.75, 3.05) is 25.6 Å². The number of ether oxygens (including phenoxy) is 2. The topological polar surface area (TPSA) is 84.9 Å². The number of benzene rings is 3. The molecule has 178 valence electrons. The van der Waals surface area contributed by atoms with Gasteiger partial charge in [-0.25, -0.2) is 8.42 Å². The van der Waals surface area contributed by atoms with Crippen LogP contribution in [0.5, 0.6) is 11.5 Å². The van der Waals surface area contributed by atoms with E-state index < -0.39 is 10.0 Å². The van der Waals surface area contributed by atoms with Crippen molar-refractivity contribution in [3.63, 3.8) is 0 Å². The first kappa shape index (κ1) is 23.8. The van der Waals surface area contributed by atoms with Gasteiger partial charge < -0.3 is 14.8 Å². The molecule has 7 nitrogen and oxygen atoms in total. The third-order valence-electron chi connectivity index (χ3n) is 6.01. The first-order valence-electron chi connectivity index (χ1n) is 11.0. The van der Waals surface area contributed by atoms with Crippen molar-refractivity contribution in [1.29, 1.82) is 0 Å². The third kappa shape index (κ3) is 5.24. The van der Waals surface area contributed by atoms with Gasteiger partial charge in [0.1, 0.15) is 11.5 Å². The fourth-order valence-corrected chi connectivity index (χ4v) is 5.28. The maximum Gasteiger partial charge on any atom is 0.262 e. The average molecular weight is 481 g/mol. The number of carbonyl (C=O) groups is 1. The smallest absolute Gasteiger partial charge is 0.262 e. The van der Waals surface area contributed by atoms with Gasteiger partial charge in [-0.3, -0.25) is 4.79 Å². The molecule has 0 aromatic heterocycles. The van der Waals surface area contributed by atoms with E-state index in [1.165, 1.54) is 11.4 Å². The molecule has 1 amide bonds. The molecule has 4 rings (SSSR count). The summed E-state index contributed by atoms with van der Waals surface area (Å²) in [6.07, 6.45) is 0.606. The van der Waals surface area contributed by atoms with Crippen LogP contribution in [-0.4, -0.2) is 38.9 Å². The lowest BCUT2D eigenvalue weighted by Gasteiger charge is -2.28. The number of methoxy groups -OCH3 is 1. The molecular formula is C26H28N2O5S. The number of nitrogens with zero attached hydrogens (tertiary/aromatic N) is 1. The van der Waals surface area contributed by atoms with Crippen molar-refractivity contribution in [2.45, 2.75) is 31.7 Å². The molecule has 0 aliphatic carbocycles. The predicted octanol–water partition coefficient (Wildman–Crippen LogP) is 4.08. The van der Waals surface area contributed by atoms with Crippen LogP contribution in [-0.2, 0) is 27.8 Å². The number of anilines is 1. The molecule has 0 radical (unpaired) electrons. The van der Waals surface area contributed by atoms with E-state index in [1.807, 2.05) is 50.2 Å². The quantitative estimate of drug-likeness (QED) is 0.551. The van der Waals surface area contributed by atoms with E-state index >= 15 is 0 Å². The van der Waals surface area contributed by atoms with E-state index in [1.54, 1.807) is 24.3 Å². The van der Waals surface area contributed by atoms with Gasteiger partial charge >= 0.3 is 0 Å². The van der Waals surface area contributed by atoms with Crippen molar-refractivity contribution in [1.82, 2.24) is 4.31 Å². The van der Waals surface area contributed by atoms with Crippen LogP contribution in [0.3, 0.4) is 0 Å². The lowest BCUT2D eigenvalue weighted by molar-refractivity contribution is -0.118. The van der Waals surface area contributed by atoms with Gasteiger partial charge in [-0.15, -0.1) is 0 Å². The summed E-state index contributed by atoms with van der Waals surface area (Å²) in [5.74, 6) is 0.963. The van der Waals surface area contributed by atoms with Gasteiger partial charge in [-0.05, 0) is 91.1 Å². The number of amides is 1. The Labute approximate surface area is 200 Å². The molecule has 0 unspecified atom stereocenters. The summed E-state index contributed by atoms with van der Waals surface area (Å²) in [5, 5.41) is 2.84. The molecular weight excluding hydrogens is 452 g/mol. The molecule has 0 atom stereocenters.